The number of nitrogens with zero attached hydrogens (tertiary/aromatic N) is 1. The fourth-order valence-corrected chi connectivity index (χ4v) is 3.29. The predicted octanol–water partition coefficient (Wildman–Crippen LogP) is 4.44. The zero-order valence-electron chi connectivity index (χ0n) is 14.2. The highest BCUT2D eigenvalue weighted by molar-refractivity contribution is 5.92. The highest BCUT2D eigenvalue weighted by Gasteiger charge is 2.33. The average Bonchev–Trinajstić information content (AvgIpc) is 2.69. The molecule has 1 atom stereocenters. The van der Waals surface area contributed by atoms with E-state index in [9.17, 15) is 4.79 Å². The lowest BCUT2D eigenvalue weighted by atomic mass is 9.72. The van der Waals surface area contributed by atoms with Crippen molar-refractivity contribution in [1.29, 1.82) is 0 Å². The SMILES string of the molecule is Cc1c(NC(=O)C2CCCC(C)(C)C2)noc1C(C)(C)C. The molecule has 4 heteroatoms. The summed E-state index contributed by atoms with van der Waals surface area (Å²) in [6.07, 6.45) is 4.24. The summed E-state index contributed by atoms with van der Waals surface area (Å²) in [6.45, 7) is 12.7. The van der Waals surface area contributed by atoms with E-state index in [1.807, 2.05) is 6.92 Å². The Hall–Kier alpha value is -1.32. The van der Waals surface area contributed by atoms with E-state index in [4.69, 9.17) is 4.52 Å². The molecule has 0 spiro atoms. The van der Waals surface area contributed by atoms with Crippen molar-refractivity contribution in [2.24, 2.45) is 11.3 Å². The van der Waals surface area contributed by atoms with Crippen LogP contribution in [0.4, 0.5) is 5.82 Å². The molecule has 1 unspecified atom stereocenters. The number of nitrogens with one attached hydrogen (secondary N) is 1. The molecular formula is C17H28N2O2. The lowest BCUT2D eigenvalue weighted by Gasteiger charge is -2.34. The van der Waals surface area contributed by atoms with Crippen LogP contribution in [0.1, 0.15) is 71.6 Å². The smallest absolute Gasteiger partial charge is 0.228 e. The fourth-order valence-electron chi connectivity index (χ4n) is 3.29. The monoisotopic (exact) mass is 292 g/mol. The molecule has 0 bridgehead atoms. The minimum Gasteiger partial charge on any atom is -0.358 e. The van der Waals surface area contributed by atoms with Crippen molar-refractivity contribution in [3.63, 3.8) is 0 Å². The Kier molecular flexibility index (Phi) is 4.18. The molecule has 118 valence electrons. The molecule has 1 N–H and O–H groups in total. The third kappa shape index (κ3) is 3.66. The lowest BCUT2D eigenvalue weighted by Crippen LogP contribution is -2.31. The van der Waals surface area contributed by atoms with Crippen LogP contribution >= 0.6 is 0 Å². The van der Waals surface area contributed by atoms with Crippen LogP contribution in [-0.2, 0) is 10.2 Å². The van der Waals surface area contributed by atoms with Gasteiger partial charge in [0.05, 0.1) is 0 Å². The topological polar surface area (TPSA) is 55.1 Å². The minimum atomic E-state index is -0.104. The summed E-state index contributed by atoms with van der Waals surface area (Å²) in [5.74, 6) is 1.58. The number of hydrogen-bond acceptors (Lipinski definition) is 3. The van der Waals surface area contributed by atoms with Gasteiger partial charge in [-0.15, -0.1) is 0 Å². The first-order chi connectivity index (χ1) is 9.60. The molecule has 2 rings (SSSR count). The number of aromatic nitrogens is 1. The van der Waals surface area contributed by atoms with Crippen molar-refractivity contribution in [3.05, 3.63) is 11.3 Å². The maximum Gasteiger partial charge on any atom is 0.228 e. The zero-order valence-corrected chi connectivity index (χ0v) is 14.2. The summed E-state index contributed by atoms with van der Waals surface area (Å²) in [6, 6.07) is 0. The molecule has 1 amide bonds. The zero-order chi connectivity index (χ0) is 15.8. The summed E-state index contributed by atoms with van der Waals surface area (Å²) < 4.78 is 5.42. The number of carbonyl (C=O) groups is 1. The van der Waals surface area contributed by atoms with Crippen LogP contribution in [0, 0.1) is 18.3 Å². The third-order valence-electron chi connectivity index (χ3n) is 4.42. The summed E-state index contributed by atoms with van der Waals surface area (Å²) in [5.41, 5.74) is 1.09. The van der Waals surface area contributed by atoms with Crippen molar-refractivity contribution in [2.45, 2.75) is 72.6 Å². The first-order valence-electron chi connectivity index (χ1n) is 7.88. The molecule has 1 aromatic rings. The molecule has 0 aliphatic heterocycles. The van der Waals surface area contributed by atoms with Crippen LogP contribution in [-0.4, -0.2) is 11.1 Å². The van der Waals surface area contributed by atoms with E-state index in [2.05, 4.69) is 45.1 Å². The van der Waals surface area contributed by atoms with Gasteiger partial charge in [-0.25, -0.2) is 0 Å². The molecular weight excluding hydrogens is 264 g/mol. The number of rotatable bonds is 2. The first-order valence-corrected chi connectivity index (χ1v) is 7.88. The maximum absolute atomic E-state index is 12.5. The van der Waals surface area contributed by atoms with Gasteiger partial charge in [-0.2, -0.15) is 0 Å². The molecule has 21 heavy (non-hydrogen) atoms. The second-order valence-corrected chi connectivity index (χ2v) is 8.18. The molecule has 1 saturated carbocycles. The number of anilines is 1. The van der Waals surface area contributed by atoms with Gasteiger partial charge in [0.15, 0.2) is 5.82 Å². The van der Waals surface area contributed by atoms with Gasteiger partial charge in [0, 0.05) is 16.9 Å². The standard InChI is InChI=1S/C17H28N2O2/c1-11-13(16(2,3)4)21-19-14(11)18-15(20)12-8-7-9-17(5,6)10-12/h12H,7-10H2,1-6H3,(H,18,19,20). The molecule has 0 aromatic carbocycles. The minimum absolute atomic E-state index is 0.0830. The van der Waals surface area contributed by atoms with Gasteiger partial charge >= 0.3 is 0 Å². The molecule has 0 saturated heterocycles. The Morgan fingerprint density at radius 3 is 2.57 bits per heavy atom. The van der Waals surface area contributed by atoms with E-state index in [1.54, 1.807) is 0 Å². The van der Waals surface area contributed by atoms with Gasteiger partial charge in [-0.05, 0) is 31.6 Å². The predicted molar refractivity (Wildman–Crippen MR) is 84.3 cm³/mol. The van der Waals surface area contributed by atoms with Gasteiger partial charge < -0.3 is 9.84 Å². The summed E-state index contributed by atoms with van der Waals surface area (Å²) >= 11 is 0. The maximum atomic E-state index is 12.5. The van der Waals surface area contributed by atoms with Gasteiger partial charge in [-0.1, -0.05) is 46.2 Å². The van der Waals surface area contributed by atoms with Crippen LogP contribution in [0.2, 0.25) is 0 Å². The molecule has 4 nitrogen and oxygen atoms in total. The Labute approximate surface area is 127 Å². The Balaban J connectivity index is 2.08. The summed E-state index contributed by atoms with van der Waals surface area (Å²) in [4.78, 5) is 12.5. The highest BCUT2D eigenvalue weighted by atomic mass is 16.5. The summed E-state index contributed by atoms with van der Waals surface area (Å²) in [5, 5.41) is 7.01. The van der Waals surface area contributed by atoms with Crippen LogP contribution in [0.5, 0.6) is 0 Å². The lowest BCUT2D eigenvalue weighted by molar-refractivity contribution is -0.122. The molecule has 0 radical (unpaired) electrons. The first kappa shape index (κ1) is 16.1. The van der Waals surface area contributed by atoms with Gasteiger partial charge in [0.2, 0.25) is 5.91 Å². The molecule has 1 heterocycles. The van der Waals surface area contributed by atoms with Crippen molar-refractivity contribution in [1.82, 2.24) is 5.16 Å². The highest BCUT2D eigenvalue weighted by Crippen LogP contribution is 2.39. The van der Waals surface area contributed by atoms with Crippen LogP contribution in [0.25, 0.3) is 0 Å². The number of carbonyl (C=O) groups excluding carboxylic acids is 1. The van der Waals surface area contributed by atoms with Crippen molar-refractivity contribution < 1.29 is 9.32 Å². The van der Waals surface area contributed by atoms with Crippen molar-refractivity contribution >= 4 is 11.7 Å². The third-order valence-corrected chi connectivity index (χ3v) is 4.42. The van der Waals surface area contributed by atoms with E-state index < -0.39 is 0 Å². The van der Waals surface area contributed by atoms with Crippen LogP contribution in [0.15, 0.2) is 4.52 Å². The molecule has 1 aliphatic rings. The Morgan fingerprint density at radius 2 is 2.05 bits per heavy atom. The average molecular weight is 292 g/mol. The van der Waals surface area contributed by atoms with Crippen molar-refractivity contribution in [3.8, 4) is 0 Å². The van der Waals surface area contributed by atoms with Gasteiger partial charge in [-0.3, -0.25) is 4.79 Å². The van der Waals surface area contributed by atoms with Crippen LogP contribution in [0.3, 0.4) is 0 Å². The molecule has 1 aliphatic carbocycles. The van der Waals surface area contributed by atoms with E-state index in [0.29, 0.717) is 5.82 Å². The second-order valence-electron chi connectivity index (χ2n) is 8.18. The fraction of sp³-hybridized carbons (Fsp3) is 0.765. The van der Waals surface area contributed by atoms with Gasteiger partial charge in [0.1, 0.15) is 5.76 Å². The molecule has 1 aromatic heterocycles. The van der Waals surface area contributed by atoms with E-state index >= 15 is 0 Å². The van der Waals surface area contributed by atoms with E-state index in [-0.39, 0.29) is 22.7 Å². The largest absolute Gasteiger partial charge is 0.358 e. The Bertz CT molecular complexity index is 523. The second kappa shape index (κ2) is 5.47. The molecule has 1 fully saturated rings. The number of amides is 1. The Morgan fingerprint density at radius 1 is 1.38 bits per heavy atom. The number of hydrogen-bond donors (Lipinski definition) is 1. The van der Waals surface area contributed by atoms with Crippen LogP contribution < -0.4 is 5.32 Å². The normalized spacial score (nSPS) is 22.1. The van der Waals surface area contributed by atoms with Gasteiger partial charge in [0.25, 0.3) is 0 Å². The quantitative estimate of drug-likeness (QED) is 0.877. The van der Waals surface area contributed by atoms with E-state index in [0.717, 1.165) is 30.6 Å². The summed E-state index contributed by atoms with van der Waals surface area (Å²) in [7, 11) is 0. The van der Waals surface area contributed by atoms with Crippen molar-refractivity contribution in [2.75, 3.05) is 5.32 Å². The van der Waals surface area contributed by atoms with E-state index in [1.165, 1.54) is 6.42 Å².